The summed E-state index contributed by atoms with van der Waals surface area (Å²) >= 11 is 0. The molecule has 1 fully saturated rings. The van der Waals surface area contributed by atoms with Gasteiger partial charge < -0.3 is 11.1 Å². The molecule has 0 radical (unpaired) electrons. The lowest BCUT2D eigenvalue weighted by molar-refractivity contribution is 0.530. The van der Waals surface area contributed by atoms with Crippen LogP contribution in [0.25, 0.3) is 0 Å². The number of nitrogens with two attached hydrogens (primary N) is 1. The van der Waals surface area contributed by atoms with Gasteiger partial charge in [0.1, 0.15) is 0 Å². The summed E-state index contributed by atoms with van der Waals surface area (Å²) in [4.78, 5) is 4.58. The third-order valence-corrected chi connectivity index (χ3v) is 4.64. The Bertz CT molecular complexity index is 501. The summed E-state index contributed by atoms with van der Waals surface area (Å²) in [6.07, 6.45) is 9.64. The fourth-order valence-electron chi connectivity index (χ4n) is 3.42. The molecule has 0 atom stereocenters. The molecule has 1 aliphatic carbocycles. The van der Waals surface area contributed by atoms with Gasteiger partial charge in [-0.3, -0.25) is 4.68 Å². The summed E-state index contributed by atoms with van der Waals surface area (Å²) in [5.74, 6) is 0.583. The number of halogens is 1. The van der Waals surface area contributed by atoms with Crippen LogP contribution in [-0.2, 0) is 26.4 Å². The van der Waals surface area contributed by atoms with Crippen molar-refractivity contribution in [2.75, 3.05) is 0 Å². The van der Waals surface area contributed by atoms with E-state index < -0.39 is 0 Å². The number of guanidine groups is 1. The highest BCUT2D eigenvalue weighted by atomic mass is 127. The molecule has 0 aliphatic heterocycles. The van der Waals surface area contributed by atoms with Gasteiger partial charge in [-0.2, -0.15) is 5.10 Å². The summed E-state index contributed by atoms with van der Waals surface area (Å²) in [5.41, 5.74) is 9.76. The van der Waals surface area contributed by atoms with Gasteiger partial charge in [-0.25, -0.2) is 4.99 Å². The molecule has 0 amide bonds. The van der Waals surface area contributed by atoms with E-state index in [0.717, 1.165) is 18.5 Å². The molecule has 132 valence electrons. The van der Waals surface area contributed by atoms with Crippen LogP contribution in [-0.4, -0.2) is 21.8 Å². The molecule has 2 rings (SSSR count). The lowest BCUT2D eigenvalue weighted by atomic mass is 10.1. The van der Waals surface area contributed by atoms with Gasteiger partial charge in [0.2, 0.25) is 0 Å². The van der Waals surface area contributed by atoms with E-state index in [4.69, 9.17) is 5.73 Å². The van der Waals surface area contributed by atoms with Crippen molar-refractivity contribution in [1.82, 2.24) is 15.1 Å². The van der Waals surface area contributed by atoms with E-state index in [1.165, 1.54) is 49.8 Å². The molecule has 1 aromatic heterocycles. The Morgan fingerprint density at radius 2 is 1.87 bits per heavy atom. The second-order valence-electron chi connectivity index (χ2n) is 6.24. The molecule has 0 unspecified atom stereocenters. The highest BCUT2D eigenvalue weighted by molar-refractivity contribution is 14.0. The zero-order valence-corrected chi connectivity index (χ0v) is 17.1. The van der Waals surface area contributed by atoms with Gasteiger partial charge in [0.25, 0.3) is 0 Å². The van der Waals surface area contributed by atoms with Crippen LogP contribution < -0.4 is 11.1 Å². The quantitative estimate of drug-likeness (QED) is 0.324. The Morgan fingerprint density at radius 3 is 2.43 bits per heavy atom. The van der Waals surface area contributed by atoms with Crippen LogP contribution in [0.2, 0.25) is 0 Å². The number of rotatable bonds is 5. The van der Waals surface area contributed by atoms with Gasteiger partial charge in [-0.15, -0.1) is 24.0 Å². The highest BCUT2D eigenvalue weighted by Crippen LogP contribution is 2.18. The van der Waals surface area contributed by atoms with Crippen LogP contribution in [0.5, 0.6) is 0 Å². The zero-order valence-electron chi connectivity index (χ0n) is 14.8. The summed E-state index contributed by atoms with van der Waals surface area (Å²) < 4.78 is 1.98. The molecule has 0 spiro atoms. The molecule has 23 heavy (non-hydrogen) atoms. The van der Waals surface area contributed by atoms with Gasteiger partial charge in [0.05, 0.1) is 12.2 Å². The summed E-state index contributed by atoms with van der Waals surface area (Å²) in [5, 5.41) is 8.00. The fraction of sp³-hybridized carbons (Fsp3) is 0.765. The normalized spacial score (nSPS) is 16.7. The first kappa shape index (κ1) is 20.3. The zero-order chi connectivity index (χ0) is 15.9. The SMILES string of the molecule is CCc1nn(C)c(CC)c1CN=C(N)NC1CCCCCC1.I. The minimum Gasteiger partial charge on any atom is -0.370 e. The van der Waals surface area contributed by atoms with Crippen LogP contribution in [0.1, 0.15) is 69.3 Å². The fourth-order valence-corrected chi connectivity index (χ4v) is 3.42. The van der Waals surface area contributed by atoms with Gasteiger partial charge >= 0.3 is 0 Å². The second kappa shape index (κ2) is 10.2. The molecule has 1 aromatic rings. The number of nitrogens with one attached hydrogen (secondary N) is 1. The van der Waals surface area contributed by atoms with Crippen LogP contribution >= 0.6 is 24.0 Å². The predicted octanol–water partition coefficient (Wildman–Crippen LogP) is 3.29. The minimum absolute atomic E-state index is 0. The van der Waals surface area contributed by atoms with Gasteiger partial charge in [-0.05, 0) is 25.7 Å². The van der Waals surface area contributed by atoms with Crippen molar-refractivity contribution in [2.24, 2.45) is 17.8 Å². The number of nitrogens with zero attached hydrogens (tertiary/aromatic N) is 3. The topological polar surface area (TPSA) is 68.2 Å². The molecule has 5 nitrogen and oxygen atoms in total. The highest BCUT2D eigenvalue weighted by Gasteiger charge is 2.14. The smallest absolute Gasteiger partial charge is 0.189 e. The predicted molar refractivity (Wildman–Crippen MR) is 107 cm³/mol. The maximum Gasteiger partial charge on any atom is 0.189 e. The minimum atomic E-state index is 0. The Labute approximate surface area is 157 Å². The summed E-state index contributed by atoms with van der Waals surface area (Å²) in [7, 11) is 2.01. The molecule has 0 bridgehead atoms. The summed E-state index contributed by atoms with van der Waals surface area (Å²) in [6, 6.07) is 0.497. The number of aliphatic imine (C=N–C) groups is 1. The third kappa shape index (κ3) is 5.65. The molecular weight excluding hydrogens is 401 g/mol. The van der Waals surface area contributed by atoms with Crippen molar-refractivity contribution in [3.63, 3.8) is 0 Å². The van der Waals surface area contributed by atoms with Gasteiger partial charge in [0, 0.05) is 24.3 Å². The average Bonchev–Trinajstić information content (AvgIpc) is 2.66. The van der Waals surface area contributed by atoms with Crippen molar-refractivity contribution < 1.29 is 0 Å². The van der Waals surface area contributed by atoms with Crippen molar-refractivity contribution in [1.29, 1.82) is 0 Å². The van der Waals surface area contributed by atoms with Crippen molar-refractivity contribution in [3.05, 3.63) is 17.0 Å². The first-order chi connectivity index (χ1) is 10.7. The molecule has 1 saturated carbocycles. The third-order valence-electron chi connectivity index (χ3n) is 4.64. The van der Waals surface area contributed by atoms with Crippen LogP contribution in [0.15, 0.2) is 4.99 Å². The van der Waals surface area contributed by atoms with Crippen molar-refractivity contribution in [3.8, 4) is 0 Å². The van der Waals surface area contributed by atoms with Gasteiger partial charge in [0.15, 0.2) is 5.96 Å². The van der Waals surface area contributed by atoms with Crippen LogP contribution in [0.3, 0.4) is 0 Å². The number of aromatic nitrogens is 2. The largest absolute Gasteiger partial charge is 0.370 e. The average molecular weight is 433 g/mol. The van der Waals surface area contributed by atoms with Crippen LogP contribution in [0.4, 0.5) is 0 Å². The van der Waals surface area contributed by atoms with Crippen LogP contribution in [0, 0.1) is 0 Å². The number of aryl methyl sites for hydroxylation is 2. The lowest BCUT2D eigenvalue weighted by Gasteiger charge is -2.16. The Balaban J connectivity index is 0.00000264. The van der Waals surface area contributed by atoms with E-state index in [0.29, 0.717) is 18.5 Å². The Hall–Kier alpha value is -0.790. The first-order valence-electron chi connectivity index (χ1n) is 8.75. The Morgan fingerprint density at radius 1 is 1.22 bits per heavy atom. The lowest BCUT2D eigenvalue weighted by Crippen LogP contribution is -2.39. The second-order valence-corrected chi connectivity index (χ2v) is 6.24. The molecular formula is C17H32IN5. The number of hydrogen-bond donors (Lipinski definition) is 2. The van der Waals surface area contributed by atoms with E-state index in [-0.39, 0.29) is 24.0 Å². The maximum atomic E-state index is 6.10. The first-order valence-corrected chi connectivity index (χ1v) is 8.75. The van der Waals surface area contributed by atoms with Gasteiger partial charge in [-0.1, -0.05) is 39.5 Å². The monoisotopic (exact) mass is 433 g/mol. The molecule has 3 N–H and O–H groups in total. The van der Waals surface area contributed by atoms with E-state index in [1.54, 1.807) is 0 Å². The van der Waals surface area contributed by atoms with Crippen molar-refractivity contribution in [2.45, 2.75) is 77.8 Å². The molecule has 0 saturated heterocycles. The molecule has 1 heterocycles. The van der Waals surface area contributed by atoms with E-state index in [9.17, 15) is 0 Å². The van der Waals surface area contributed by atoms with E-state index in [1.807, 2.05) is 11.7 Å². The molecule has 1 aliphatic rings. The number of hydrogen-bond acceptors (Lipinski definition) is 2. The maximum absolute atomic E-state index is 6.10. The Kier molecular flexibility index (Phi) is 8.94. The van der Waals surface area contributed by atoms with E-state index in [2.05, 4.69) is 29.3 Å². The van der Waals surface area contributed by atoms with Crippen molar-refractivity contribution >= 4 is 29.9 Å². The van der Waals surface area contributed by atoms with E-state index >= 15 is 0 Å². The summed E-state index contributed by atoms with van der Waals surface area (Å²) in [6.45, 7) is 4.94. The molecule has 0 aromatic carbocycles. The standard InChI is InChI=1S/C17H31N5.HI/c1-4-15-14(16(5-2)22(3)21-15)12-19-17(18)20-13-10-8-6-7-9-11-13;/h13H,4-12H2,1-3H3,(H3,18,19,20);1H. The molecule has 6 heteroatoms.